The van der Waals surface area contributed by atoms with Crippen LogP contribution in [0.5, 0.6) is 0 Å². The number of hydrogen-bond donors (Lipinski definition) is 1. The van der Waals surface area contributed by atoms with E-state index in [0.29, 0.717) is 5.96 Å². The predicted molar refractivity (Wildman–Crippen MR) is 118 cm³/mol. The lowest BCUT2D eigenvalue weighted by Crippen LogP contribution is -2.44. The number of piperidine rings is 1. The summed E-state index contributed by atoms with van der Waals surface area (Å²) in [5.74, 6) is 0.672. The van der Waals surface area contributed by atoms with Crippen LogP contribution in [0.4, 0.5) is 5.69 Å². The maximum Gasteiger partial charge on any atom is 0.269 e. The first-order valence-corrected chi connectivity index (χ1v) is 10.6. The molecule has 160 valence electrons. The fourth-order valence-corrected chi connectivity index (χ4v) is 4.28. The van der Waals surface area contributed by atoms with Crippen LogP contribution in [0, 0.1) is 21.6 Å². The highest BCUT2D eigenvalue weighted by atomic mass is 16.6. The molecule has 0 aromatic heterocycles. The Kier molecular flexibility index (Phi) is 6.43. The Bertz CT molecular complexity index is 990. The van der Waals surface area contributed by atoms with Crippen LogP contribution in [0.2, 0.25) is 0 Å². The number of fused-ring (bicyclic) bond motifs is 1. The summed E-state index contributed by atoms with van der Waals surface area (Å²) >= 11 is 0. The molecule has 4 rings (SSSR count). The van der Waals surface area contributed by atoms with E-state index in [1.54, 1.807) is 12.1 Å². The van der Waals surface area contributed by atoms with Gasteiger partial charge in [-0.3, -0.25) is 20.3 Å². The van der Waals surface area contributed by atoms with Gasteiger partial charge in [0.25, 0.3) is 5.69 Å². The molecule has 0 bridgehead atoms. The minimum atomic E-state index is -0.374. The van der Waals surface area contributed by atoms with Crippen molar-refractivity contribution in [1.82, 2.24) is 15.1 Å². The SMILES string of the molecule is N#CN/C(=N\C1CCN(Cc2ccc([N+](=O)[O-])cc2)CC1)N1CCc2ccccc2C1. The number of guanidine groups is 1. The number of benzene rings is 2. The van der Waals surface area contributed by atoms with Gasteiger partial charge in [0.05, 0.1) is 11.0 Å². The molecule has 1 saturated heterocycles. The molecule has 0 amide bonds. The smallest absolute Gasteiger partial charge is 0.269 e. The molecule has 0 saturated carbocycles. The lowest BCUT2D eigenvalue weighted by atomic mass is 10.0. The van der Waals surface area contributed by atoms with Gasteiger partial charge in [-0.1, -0.05) is 36.4 Å². The lowest BCUT2D eigenvalue weighted by molar-refractivity contribution is -0.384. The van der Waals surface area contributed by atoms with Crippen molar-refractivity contribution < 1.29 is 4.92 Å². The summed E-state index contributed by atoms with van der Waals surface area (Å²) in [5, 5.41) is 22.8. The molecule has 0 atom stereocenters. The summed E-state index contributed by atoms with van der Waals surface area (Å²) in [5.41, 5.74) is 3.86. The van der Waals surface area contributed by atoms with Crippen LogP contribution in [0.25, 0.3) is 0 Å². The van der Waals surface area contributed by atoms with E-state index < -0.39 is 0 Å². The third kappa shape index (κ3) is 5.19. The number of nitro groups is 1. The van der Waals surface area contributed by atoms with E-state index in [4.69, 9.17) is 4.99 Å². The second-order valence-corrected chi connectivity index (χ2v) is 8.06. The zero-order chi connectivity index (χ0) is 21.6. The van der Waals surface area contributed by atoms with E-state index in [-0.39, 0.29) is 16.7 Å². The fourth-order valence-electron chi connectivity index (χ4n) is 4.28. The standard InChI is InChI=1S/C23H26N6O2/c24-17-25-23(28-14-9-19-3-1-2-4-20(19)16-28)26-21-10-12-27(13-11-21)15-18-5-7-22(8-6-18)29(30)31/h1-8,21H,9-16H2,(H,25,26). The van der Waals surface area contributed by atoms with Crippen molar-refractivity contribution >= 4 is 11.6 Å². The van der Waals surface area contributed by atoms with Crippen molar-refractivity contribution in [2.45, 2.75) is 38.4 Å². The average molecular weight is 419 g/mol. The second kappa shape index (κ2) is 9.58. The minimum Gasteiger partial charge on any atom is -0.337 e. The predicted octanol–water partition coefficient (Wildman–Crippen LogP) is 3.04. The largest absolute Gasteiger partial charge is 0.337 e. The van der Waals surface area contributed by atoms with Crippen LogP contribution in [0.15, 0.2) is 53.5 Å². The van der Waals surface area contributed by atoms with Crippen molar-refractivity contribution in [1.29, 1.82) is 5.26 Å². The summed E-state index contributed by atoms with van der Waals surface area (Å²) in [6, 6.07) is 15.4. The summed E-state index contributed by atoms with van der Waals surface area (Å²) in [6.45, 7) is 4.22. The first kappa shape index (κ1) is 20.8. The van der Waals surface area contributed by atoms with Crippen LogP contribution >= 0.6 is 0 Å². The van der Waals surface area contributed by atoms with Gasteiger partial charge < -0.3 is 4.90 Å². The van der Waals surface area contributed by atoms with Crippen molar-refractivity contribution in [2.24, 2.45) is 4.99 Å². The van der Waals surface area contributed by atoms with Gasteiger partial charge >= 0.3 is 0 Å². The molecular formula is C23H26N6O2. The highest BCUT2D eigenvalue weighted by molar-refractivity contribution is 5.81. The molecule has 1 fully saturated rings. The van der Waals surface area contributed by atoms with Crippen LogP contribution in [0.3, 0.4) is 0 Å². The average Bonchev–Trinajstić information content (AvgIpc) is 2.80. The number of nitrogens with one attached hydrogen (secondary N) is 1. The number of nitrogens with zero attached hydrogens (tertiary/aromatic N) is 5. The van der Waals surface area contributed by atoms with Gasteiger partial charge in [-0.15, -0.1) is 0 Å². The van der Waals surface area contributed by atoms with Gasteiger partial charge in [0.15, 0.2) is 6.19 Å². The van der Waals surface area contributed by atoms with Gasteiger partial charge in [-0.25, -0.2) is 4.99 Å². The minimum absolute atomic E-state index is 0.120. The van der Waals surface area contributed by atoms with E-state index in [1.807, 2.05) is 12.1 Å². The molecule has 2 aromatic rings. The number of likely N-dealkylation sites (tertiary alicyclic amines) is 1. The van der Waals surface area contributed by atoms with Crippen molar-refractivity contribution in [2.75, 3.05) is 19.6 Å². The van der Waals surface area contributed by atoms with Gasteiger partial charge in [0.1, 0.15) is 0 Å². The van der Waals surface area contributed by atoms with Crippen molar-refractivity contribution in [3.63, 3.8) is 0 Å². The second-order valence-electron chi connectivity index (χ2n) is 8.06. The topological polar surface area (TPSA) is 97.8 Å². The summed E-state index contributed by atoms with van der Waals surface area (Å²) < 4.78 is 0. The molecule has 0 aliphatic carbocycles. The van der Waals surface area contributed by atoms with E-state index in [9.17, 15) is 15.4 Å². The van der Waals surface area contributed by atoms with Crippen LogP contribution in [0.1, 0.15) is 29.5 Å². The van der Waals surface area contributed by atoms with Crippen LogP contribution in [-0.4, -0.2) is 46.4 Å². The summed E-state index contributed by atoms with van der Waals surface area (Å²) in [4.78, 5) is 19.8. The summed E-state index contributed by atoms with van der Waals surface area (Å²) in [7, 11) is 0. The number of aliphatic imine (C=N–C) groups is 1. The number of nitriles is 1. The molecule has 31 heavy (non-hydrogen) atoms. The molecule has 2 aliphatic rings. The molecule has 0 unspecified atom stereocenters. The monoisotopic (exact) mass is 418 g/mol. The molecule has 8 heteroatoms. The normalized spacial score (nSPS) is 17.6. The Hall–Kier alpha value is -3.44. The third-order valence-electron chi connectivity index (χ3n) is 6.01. The quantitative estimate of drug-likeness (QED) is 0.205. The van der Waals surface area contributed by atoms with E-state index in [0.717, 1.165) is 57.5 Å². The number of rotatable bonds is 4. The van der Waals surface area contributed by atoms with E-state index in [2.05, 4.69) is 45.6 Å². The van der Waals surface area contributed by atoms with Gasteiger partial charge in [-0.2, -0.15) is 5.26 Å². The highest BCUT2D eigenvalue weighted by Gasteiger charge is 2.23. The van der Waals surface area contributed by atoms with Crippen LogP contribution < -0.4 is 5.32 Å². The van der Waals surface area contributed by atoms with Crippen LogP contribution in [-0.2, 0) is 19.5 Å². The first-order chi connectivity index (χ1) is 15.1. The molecular weight excluding hydrogens is 392 g/mol. The molecule has 2 heterocycles. The van der Waals surface area contributed by atoms with Gasteiger partial charge in [-0.05, 0) is 36.0 Å². The maximum atomic E-state index is 10.8. The van der Waals surface area contributed by atoms with E-state index >= 15 is 0 Å². The first-order valence-electron chi connectivity index (χ1n) is 10.6. The number of non-ortho nitro benzene ring substituents is 1. The zero-order valence-electron chi connectivity index (χ0n) is 17.4. The van der Waals surface area contributed by atoms with Crippen molar-refractivity contribution in [3.8, 4) is 6.19 Å². The maximum absolute atomic E-state index is 10.8. The van der Waals surface area contributed by atoms with E-state index in [1.165, 1.54) is 11.1 Å². The Balaban J connectivity index is 1.34. The molecule has 2 aromatic carbocycles. The fraction of sp³-hybridized carbons (Fsp3) is 0.391. The Morgan fingerprint density at radius 1 is 1.13 bits per heavy atom. The van der Waals surface area contributed by atoms with Gasteiger partial charge in [0, 0.05) is 44.9 Å². The number of nitro benzene ring substituents is 1. The zero-order valence-corrected chi connectivity index (χ0v) is 17.4. The molecule has 2 aliphatic heterocycles. The lowest BCUT2D eigenvalue weighted by Gasteiger charge is -2.33. The van der Waals surface area contributed by atoms with Crippen molar-refractivity contribution in [3.05, 3.63) is 75.3 Å². The highest BCUT2D eigenvalue weighted by Crippen LogP contribution is 2.21. The van der Waals surface area contributed by atoms with Gasteiger partial charge in [0.2, 0.25) is 5.96 Å². The molecule has 1 N–H and O–H groups in total. The Morgan fingerprint density at radius 3 is 2.52 bits per heavy atom. The Morgan fingerprint density at radius 2 is 1.84 bits per heavy atom. The third-order valence-corrected chi connectivity index (χ3v) is 6.01. The molecule has 0 radical (unpaired) electrons. The molecule has 0 spiro atoms. The Labute approximate surface area is 182 Å². The number of hydrogen-bond acceptors (Lipinski definition) is 5. The molecule has 8 nitrogen and oxygen atoms in total. The summed E-state index contributed by atoms with van der Waals surface area (Å²) in [6.07, 6.45) is 4.86.